The molecule has 0 fully saturated rings. The molecule has 0 saturated heterocycles. The van der Waals surface area contributed by atoms with Gasteiger partial charge in [0.25, 0.3) is 0 Å². The molecule has 0 radical (unpaired) electrons. The van der Waals surface area contributed by atoms with Crippen LogP contribution >= 0.6 is 11.3 Å². The van der Waals surface area contributed by atoms with Gasteiger partial charge in [0.15, 0.2) is 34.9 Å². The largest absolute Gasteiger partial charge is 0.208 e. The zero-order valence-electron chi connectivity index (χ0n) is 29.8. The van der Waals surface area contributed by atoms with Crippen LogP contribution in [0.15, 0.2) is 170 Å². The molecule has 2 aliphatic carbocycles. The molecule has 6 nitrogen and oxygen atoms in total. The first kappa shape index (κ1) is 32.9. The van der Waals surface area contributed by atoms with Crippen molar-refractivity contribution in [2.75, 3.05) is 0 Å². The summed E-state index contributed by atoms with van der Waals surface area (Å²) in [5, 5.41) is 2.26. The van der Waals surface area contributed by atoms with Crippen LogP contribution in [-0.2, 0) is 0 Å². The molecule has 3 heterocycles. The number of hydrogen-bond acceptors (Lipinski definition) is 7. The second kappa shape index (κ2) is 14.3. The molecule has 8 aromatic rings. The maximum absolute atomic E-state index is 5.22. The van der Waals surface area contributed by atoms with Crippen molar-refractivity contribution in [3.63, 3.8) is 0 Å². The molecule has 0 saturated carbocycles. The lowest BCUT2D eigenvalue weighted by Gasteiger charge is -2.24. The molecule has 2 unspecified atom stereocenters. The number of aromatic nitrogens is 6. The Morgan fingerprint density at radius 2 is 1.04 bits per heavy atom. The van der Waals surface area contributed by atoms with Crippen molar-refractivity contribution < 1.29 is 0 Å². The maximum Gasteiger partial charge on any atom is 0.164 e. The van der Waals surface area contributed by atoms with Gasteiger partial charge < -0.3 is 0 Å². The predicted molar refractivity (Wildman–Crippen MR) is 225 cm³/mol. The average Bonchev–Trinajstić information content (AvgIpc) is 3.66. The summed E-state index contributed by atoms with van der Waals surface area (Å²) in [6, 6.07) is 43.3. The van der Waals surface area contributed by atoms with Crippen LogP contribution in [0.5, 0.6) is 0 Å². The summed E-state index contributed by atoms with van der Waals surface area (Å²) in [7, 11) is 0. The standard InChI is InChI=1S/C48H34N6S/c1-5-15-31(16-6-1)35-23-13-24-36(29-35)46-52-45(34-21-11-4-12-22-34)53-48(54-46)39-25-14-26-40-42(39)38-28-27-37(30-41(38)55-40)47-50-43(32-17-7-2-8-18-32)49-44(51-47)33-19-9-3-10-20-33/h1-15,17-22,24-31,35H,16,23H2. The quantitative estimate of drug-likeness (QED) is 0.163. The maximum atomic E-state index is 5.22. The SMILES string of the molecule is C1=CCC(C2C=C(c3nc(-c4ccccc4)nc(-c4cccc5sc6cc(-c7nc(-c8ccccc8)nc(-c8ccccc8)n7)ccc6c45)n3)C=CC2)C=C1. The lowest BCUT2D eigenvalue weighted by atomic mass is 9.81. The molecular weight excluding hydrogens is 693 g/mol. The summed E-state index contributed by atoms with van der Waals surface area (Å²) < 4.78 is 2.29. The third kappa shape index (κ3) is 6.49. The van der Waals surface area contributed by atoms with Gasteiger partial charge in [-0.1, -0.05) is 158 Å². The van der Waals surface area contributed by atoms with E-state index in [0.717, 1.165) is 66.4 Å². The highest BCUT2D eigenvalue weighted by Crippen LogP contribution is 2.41. The van der Waals surface area contributed by atoms with E-state index < -0.39 is 0 Å². The number of thiophene rings is 1. The highest BCUT2D eigenvalue weighted by molar-refractivity contribution is 7.26. The van der Waals surface area contributed by atoms with E-state index in [2.05, 4.69) is 91.1 Å². The highest BCUT2D eigenvalue weighted by Gasteiger charge is 2.23. The van der Waals surface area contributed by atoms with Crippen LogP contribution in [0.25, 0.3) is 82.7 Å². The molecule has 55 heavy (non-hydrogen) atoms. The van der Waals surface area contributed by atoms with Gasteiger partial charge in [0.2, 0.25) is 0 Å². The molecular formula is C48H34N6S. The van der Waals surface area contributed by atoms with Crippen LogP contribution in [0.4, 0.5) is 0 Å². The average molecular weight is 727 g/mol. The molecule has 0 bridgehead atoms. The van der Waals surface area contributed by atoms with Gasteiger partial charge in [-0.25, -0.2) is 29.9 Å². The van der Waals surface area contributed by atoms with E-state index in [1.54, 1.807) is 11.3 Å². The Kier molecular flexibility index (Phi) is 8.54. The smallest absolute Gasteiger partial charge is 0.164 e. The van der Waals surface area contributed by atoms with Gasteiger partial charge in [0, 0.05) is 53.6 Å². The summed E-state index contributed by atoms with van der Waals surface area (Å²) in [6.45, 7) is 0. The second-order valence-corrected chi connectivity index (χ2v) is 14.9. The molecule has 0 spiro atoms. The molecule has 0 aliphatic heterocycles. The van der Waals surface area contributed by atoms with Gasteiger partial charge in [-0.2, -0.15) is 0 Å². The molecule has 3 aromatic heterocycles. The fourth-order valence-electron chi connectivity index (χ4n) is 7.50. The Morgan fingerprint density at radius 1 is 0.455 bits per heavy atom. The van der Waals surface area contributed by atoms with E-state index in [0.29, 0.717) is 46.8 Å². The first-order valence-corrected chi connectivity index (χ1v) is 19.4. The number of fused-ring (bicyclic) bond motifs is 3. The van der Waals surface area contributed by atoms with Crippen LogP contribution in [0, 0.1) is 11.8 Å². The van der Waals surface area contributed by atoms with E-state index in [1.807, 2.05) is 78.9 Å². The van der Waals surface area contributed by atoms with Gasteiger partial charge in [-0.15, -0.1) is 11.3 Å². The van der Waals surface area contributed by atoms with Crippen molar-refractivity contribution in [1.29, 1.82) is 0 Å². The van der Waals surface area contributed by atoms with Crippen molar-refractivity contribution in [2.45, 2.75) is 12.8 Å². The van der Waals surface area contributed by atoms with Gasteiger partial charge in [0.1, 0.15) is 0 Å². The lowest BCUT2D eigenvalue weighted by Crippen LogP contribution is -2.13. The number of benzene rings is 5. The Labute approximate surface area is 323 Å². The molecule has 2 aliphatic rings. The summed E-state index contributed by atoms with van der Waals surface area (Å²) >= 11 is 1.75. The van der Waals surface area contributed by atoms with Gasteiger partial charge in [-0.3, -0.25) is 0 Å². The predicted octanol–water partition coefficient (Wildman–Crippen LogP) is 11.9. The van der Waals surface area contributed by atoms with E-state index in [4.69, 9.17) is 29.9 Å². The molecule has 2 atom stereocenters. The van der Waals surface area contributed by atoms with Crippen molar-refractivity contribution >= 4 is 37.1 Å². The van der Waals surface area contributed by atoms with Crippen LogP contribution in [0.2, 0.25) is 0 Å². The molecule has 0 amide bonds. The van der Waals surface area contributed by atoms with E-state index in [9.17, 15) is 0 Å². The fraction of sp³-hybridized carbons (Fsp3) is 0.0833. The van der Waals surface area contributed by atoms with E-state index >= 15 is 0 Å². The third-order valence-electron chi connectivity index (χ3n) is 10.3. The van der Waals surface area contributed by atoms with Crippen molar-refractivity contribution in [3.05, 3.63) is 176 Å². The fourth-order valence-corrected chi connectivity index (χ4v) is 8.67. The monoisotopic (exact) mass is 726 g/mol. The van der Waals surface area contributed by atoms with E-state index in [-0.39, 0.29) is 0 Å². The number of allylic oxidation sites excluding steroid dienone is 8. The van der Waals surface area contributed by atoms with Gasteiger partial charge >= 0.3 is 0 Å². The number of nitrogens with zero attached hydrogens (tertiary/aromatic N) is 6. The molecule has 0 N–H and O–H groups in total. The Morgan fingerprint density at radius 3 is 1.67 bits per heavy atom. The van der Waals surface area contributed by atoms with Gasteiger partial charge in [-0.05, 0) is 36.8 Å². The minimum absolute atomic E-state index is 0.386. The summed E-state index contributed by atoms with van der Waals surface area (Å²) in [6.07, 6.45) is 17.7. The summed E-state index contributed by atoms with van der Waals surface area (Å²) in [5.74, 6) is 4.78. The molecule has 262 valence electrons. The lowest BCUT2D eigenvalue weighted by molar-refractivity contribution is 0.479. The van der Waals surface area contributed by atoms with Crippen molar-refractivity contribution in [2.24, 2.45) is 11.8 Å². The van der Waals surface area contributed by atoms with E-state index in [1.165, 1.54) is 0 Å². The van der Waals surface area contributed by atoms with Crippen molar-refractivity contribution in [1.82, 2.24) is 29.9 Å². The van der Waals surface area contributed by atoms with Gasteiger partial charge in [0.05, 0.1) is 0 Å². The topological polar surface area (TPSA) is 77.3 Å². The Bertz CT molecular complexity index is 2760. The van der Waals surface area contributed by atoms with Crippen LogP contribution in [0.1, 0.15) is 18.7 Å². The zero-order chi connectivity index (χ0) is 36.6. The first-order valence-electron chi connectivity index (χ1n) is 18.6. The number of hydrogen-bond donors (Lipinski definition) is 0. The molecule has 5 aromatic carbocycles. The second-order valence-electron chi connectivity index (χ2n) is 13.8. The van der Waals surface area contributed by atoms with Crippen LogP contribution < -0.4 is 0 Å². The highest BCUT2D eigenvalue weighted by atomic mass is 32.1. The minimum Gasteiger partial charge on any atom is -0.208 e. The van der Waals surface area contributed by atoms with Crippen LogP contribution in [0.3, 0.4) is 0 Å². The first-order chi connectivity index (χ1) is 27.2. The zero-order valence-corrected chi connectivity index (χ0v) is 30.6. The molecule has 7 heteroatoms. The summed E-state index contributed by atoms with van der Waals surface area (Å²) in [5.41, 5.74) is 5.79. The minimum atomic E-state index is 0.386. The molecule has 10 rings (SSSR count). The Hall–Kier alpha value is -6.70. The van der Waals surface area contributed by atoms with Crippen molar-refractivity contribution in [3.8, 4) is 56.9 Å². The Balaban J connectivity index is 1.10. The number of rotatable bonds is 7. The van der Waals surface area contributed by atoms with Crippen LogP contribution in [-0.4, -0.2) is 29.9 Å². The summed E-state index contributed by atoms with van der Waals surface area (Å²) in [4.78, 5) is 30.3. The third-order valence-corrected chi connectivity index (χ3v) is 11.4. The normalized spacial score (nSPS) is 16.5.